The summed E-state index contributed by atoms with van der Waals surface area (Å²) in [6.45, 7) is 2.94. The number of nitrogens with one attached hydrogen (secondary N) is 2. The molecule has 0 heterocycles. The number of hydrogen-bond donors (Lipinski definition) is 2. The zero-order valence-corrected chi connectivity index (χ0v) is 13.3. The van der Waals surface area contributed by atoms with Gasteiger partial charge in [-0.05, 0) is 37.8 Å². The third-order valence-electron chi connectivity index (χ3n) is 3.65. The molecule has 1 aromatic carbocycles. The van der Waals surface area contributed by atoms with Gasteiger partial charge in [-0.25, -0.2) is 4.79 Å². The van der Waals surface area contributed by atoms with Gasteiger partial charge in [0.25, 0.3) is 0 Å². The lowest BCUT2D eigenvalue weighted by atomic mass is 10.2. The number of benzene rings is 1. The Morgan fingerprint density at radius 1 is 1.27 bits per heavy atom. The first-order valence-electron chi connectivity index (χ1n) is 7.51. The van der Waals surface area contributed by atoms with E-state index >= 15 is 0 Å². The normalized spacial score (nSPS) is 15.0. The van der Waals surface area contributed by atoms with Crippen LogP contribution in [-0.4, -0.2) is 39.5 Å². The Labute approximate surface area is 131 Å². The van der Waals surface area contributed by atoms with Crippen LogP contribution < -0.4 is 20.1 Å². The number of carbonyl (C=O) groups excluding carboxylic acids is 1. The first-order valence-corrected chi connectivity index (χ1v) is 7.51. The van der Waals surface area contributed by atoms with E-state index in [-0.39, 0.29) is 12.1 Å². The minimum atomic E-state index is -0.201. The van der Waals surface area contributed by atoms with Crippen LogP contribution in [0.4, 0.5) is 10.5 Å². The topological polar surface area (TPSA) is 68.8 Å². The summed E-state index contributed by atoms with van der Waals surface area (Å²) in [5.41, 5.74) is 0.661. The molecule has 1 unspecified atom stereocenters. The Morgan fingerprint density at radius 2 is 2.05 bits per heavy atom. The first kappa shape index (κ1) is 16.4. The number of rotatable bonds is 8. The van der Waals surface area contributed by atoms with Crippen LogP contribution in [0.2, 0.25) is 0 Å². The van der Waals surface area contributed by atoms with Crippen LogP contribution in [0.1, 0.15) is 19.8 Å². The van der Waals surface area contributed by atoms with Gasteiger partial charge in [0, 0.05) is 24.9 Å². The molecule has 0 bridgehead atoms. The largest absolute Gasteiger partial charge is 0.493 e. The smallest absolute Gasteiger partial charge is 0.319 e. The van der Waals surface area contributed by atoms with Crippen LogP contribution in [0.5, 0.6) is 11.5 Å². The molecule has 1 aliphatic rings. The molecular weight excluding hydrogens is 284 g/mol. The molecule has 1 saturated carbocycles. The van der Waals surface area contributed by atoms with Crippen LogP contribution in [0.3, 0.4) is 0 Å². The molecule has 6 heteroatoms. The third kappa shape index (κ3) is 4.80. The second-order valence-corrected chi connectivity index (χ2v) is 5.43. The van der Waals surface area contributed by atoms with Gasteiger partial charge in [-0.3, -0.25) is 0 Å². The van der Waals surface area contributed by atoms with Crippen molar-refractivity contribution in [3.63, 3.8) is 0 Å². The van der Waals surface area contributed by atoms with Gasteiger partial charge in [0.1, 0.15) is 6.61 Å². The van der Waals surface area contributed by atoms with E-state index in [9.17, 15) is 4.79 Å². The molecule has 1 aliphatic carbocycles. The summed E-state index contributed by atoms with van der Waals surface area (Å²) in [5, 5.41) is 5.77. The van der Waals surface area contributed by atoms with Crippen LogP contribution in [-0.2, 0) is 4.74 Å². The second kappa shape index (κ2) is 7.89. The summed E-state index contributed by atoms with van der Waals surface area (Å²) in [6, 6.07) is 5.30. The minimum Gasteiger partial charge on any atom is -0.493 e. The van der Waals surface area contributed by atoms with Gasteiger partial charge in [0.15, 0.2) is 11.5 Å². The zero-order chi connectivity index (χ0) is 15.9. The molecular formula is C16H24N2O4. The van der Waals surface area contributed by atoms with Gasteiger partial charge in [-0.15, -0.1) is 0 Å². The van der Waals surface area contributed by atoms with Crippen molar-refractivity contribution in [3.8, 4) is 11.5 Å². The van der Waals surface area contributed by atoms with Crippen molar-refractivity contribution in [2.45, 2.75) is 25.8 Å². The van der Waals surface area contributed by atoms with Crippen molar-refractivity contribution in [3.05, 3.63) is 18.2 Å². The van der Waals surface area contributed by atoms with Gasteiger partial charge in [-0.2, -0.15) is 0 Å². The highest BCUT2D eigenvalue weighted by Crippen LogP contribution is 2.32. The van der Waals surface area contributed by atoms with Crippen molar-refractivity contribution >= 4 is 11.7 Å². The fraction of sp³-hybridized carbons (Fsp3) is 0.562. The Kier molecular flexibility index (Phi) is 5.89. The average Bonchev–Trinajstić information content (AvgIpc) is 3.32. The van der Waals surface area contributed by atoms with Gasteiger partial charge >= 0.3 is 6.03 Å². The number of hydrogen-bond acceptors (Lipinski definition) is 4. The van der Waals surface area contributed by atoms with E-state index < -0.39 is 0 Å². The van der Waals surface area contributed by atoms with Gasteiger partial charge in [0.2, 0.25) is 0 Å². The Hall–Kier alpha value is -1.95. The van der Waals surface area contributed by atoms with Crippen molar-refractivity contribution in [1.29, 1.82) is 0 Å². The average molecular weight is 308 g/mol. The second-order valence-electron chi connectivity index (χ2n) is 5.43. The highest BCUT2D eigenvalue weighted by molar-refractivity contribution is 5.89. The highest BCUT2D eigenvalue weighted by atomic mass is 16.5. The van der Waals surface area contributed by atoms with Crippen LogP contribution in [0.25, 0.3) is 0 Å². The fourth-order valence-electron chi connectivity index (χ4n) is 2.19. The van der Waals surface area contributed by atoms with Crippen LogP contribution in [0.15, 0.2) is 18.2 Å². The molecule has 2 rings (SSSR count). The lowest BCUT2D eigenvalue weighted by molar-refractivity contribution is 0.144. The number of urea groups is 1. The lowest BCUT2D eigenvalue weighted by Gasteiger charge is -2.15. The van der Waals surface area contributed by atoms with E-state index in [1.54, 1.807) is 32.4 Å². The summed E-state index contributed by atoms with van der Waals surface area (Å²) in [6.07, 6.45) is 2.39. The van der Waals surface area contributed by atoms with Crippen molar-refractivity contribution < 1.29 is 19.0 Å². The maximum atomic E-state index is 12.0. The van der Waals surface area contributed by atoms with E-state index in [2.05, 4.69) is 10.6 Å². The molecule has 0 saturated heterocycles. The monoisotopic (exact) mass is 308 g/mol. The Bertz CT molecular complexity index is 503. The Morgan fingerprint density at radius 3 is 2.68 bits per heavy atom. The molecule has 2 amide bonds. The molecule has 1 aromatic rings. The molecule has 0 aromatic heterocycles. The van der Waals surface area contributed by atoms with E-state index in [1.807, 2.05) is 6.92 Å². The van der Waals surface area contributed by atoms with Gasteiger partial charge < -0.3 is 24.8 Å². The van der Waals surface area contributed by atoms with Crippen LogP contribution in [0, 0.1) is 5.92 Å². The molecule has 6 nitrogen and oxygen atoms in total. The number of amides is 2. The molecule has 2 N–H and O–H groups in total. The van der Waals surface area contributed by atoms with Crippen LogP contribution >= 0.6 is 0 Å². The van der Waals surface area contributed by atoms with E-state index in [0.717, 1.165) is 0 Å². The number of methoxy groups -OCH3 is 2. The van der Waals surface area contributed by atoms with Crippen molar-refractivity contribution in [2.75, 3.05) is 32.8 Å². The maximum absolute atomic E-state index is 12.0. The standard InChI is InChI=1S/C16H24N2O4/c1-11(12-4-5-12)17-16(19)18-13-6-7-14(21-3)15(10-13)22-9-8-20-2/h6-7,10-12H,4-5,8-9H2,1-3H3,(H2,17,18,19). The lowest BCUT2D eigenvalue weighted by Crippen LogP contribution is -2.37. The molecule has 0 spiro atoms. The van der Waals surface area contributed by atoms with E-state index in [1.165, 1.54) is 12.8 Å². The Balaban J connectivity index is 1.94. The zero-order valence-electron chi connectivity index (χ0n) is 13.3. The summed E-state index contributed by atoms with van der Waals surface area (Å²) in [4.78, 5) is 12.0. The van der Waals surface area contributed by atoms with E-state index in [4.69, 9.17) is 14.2 Å². The molecule has 22 heavy (non-hydrogen) atoms. The maximum Gasteiger partial charge on any atom is 0.319 e. The summed E-state index contributed by atoms with van der Waals surface area (Å²) < 4.78 is 15.8. The van der Waals surface area contributed by atoms with Crippen molar-refractivity contribution in [1.82, 2.24) is 5.32 Å². The quantitative estimate of drug-likeness (QED) is 0.724. The predicted octanol–water partition coefficient (Wildman–Crippen LogP) is 2.64. The SMILES string of the molecule is COCCOc1cc(NC(=O)NC(C)C2CC2)ccc1OC. The van der Waals surface area contributed by atoms with E-state index in [0.29, 0.717) is 36.3 Å². The highest BCUT2D eigenvalue weighted by Gasteiger charge is 2.28. The number of carbonyl (C=O) groups is 1. The predicted molar refractivity (Wildman–Crippen MR) is 84.7 cm³/mol. The molecule has 0 radical (unpaired) electrons. The summed E-state index contributed by atoms with van der Waals surface area (Å²) in [7, 11) is 3.19. The molecule has 0 aliphatic heterocycles. The minimum absolute atomic E-state index is 0.201. The van der Waals surface area contributed by atoms with Gasteiger partial charge in [0.05, 0.1) is 13.7 Å². The molecule has 122 valence electrons. The number of anilines is 1. The summed E-state index contributed by atoms with van der Waals surface area (Å²) in [5.74, 6) is 1.82. The third-order valence-corrected chi connectivity index (χ3v) is 3.65. The fourth-order valence-corrected chi connectivity index (χ4v) is 2.19. The molecule has 1 fully saturated rings. The first-order chi connectivity index (χ1) is 10.6. The van der Waals surface area contributed by atoms with Crippen molar-refractivity contribution in [2.24, 2.45) is 5.92 Å². The van der Waals surface area contributed by atoms with Gasteiger partial charge in [-0.1, -0.05) is 0 Å². The summed E-state index contributed by atoms with van der Waals surface area (Å²) >= 11 is 0. The molecule has 1 atom stereocenters. The number of ether oxygens (including phenoxy) is 3.